The second-order valence-electron chi connectivity index (χ2n) is 4.66. The third-order valence-electron chi connectivity index (χ3n) is 3.30. The van der Waals surface area contributed by atoms with Crippen molar-refractivity contribution in [2.75, 3.05) is 5.73 Å². The Balaban J connectivity index is 2.25. The molecule has 2 N–H and O–H groups in total. The van der Waals surface area contributed by atoms with Crippen LogP contribution in [-0.4, -0.2) is 14.5 Å². The second kappa shape index (κ2) is 4.47. The van der Waals surface area contributed by atoms with Crippen molar-refractivity contribution in [3.8, 4) is 11.4 Å². The Morgan fingerprint density at radius 2 is 1.95 bits per heavy atom. The lowest BCUT2D eigenvalue weighted by atomic mass is 10.1. The van der Waals surface area contributed by atoms with E-state index in [0.717, 1.165) is 17.6 Å². The molecule has 7 heteroatoms. The highest BCUT2D eigenvalue weighted by molar-refractivity contribution is 5.83. The molecule has 0 fully saturated rings. The van der Waals surface area contributed by atoms with E-state index in [1.54, 1.807) is 30.1 Å². The van der Waals surface area contributed by atoms with Gasteiger partial charge in [-0.25, -0.2) is 4.98 Å². The molecule has 3 aromatic rings. The number of fused-ring (bicyclic) bond motifs is 1. The molecule has 2 heterocycles. The Morgan fingerprint density at radius 1 is 1.19 bits per heavy atom. The maximum absolute atomic E-state index is 12.8. The van der Waals surface area contributed by atoms with Crippen LogP contribution in [0, 0.1) is 0 Å². The molecule has 0 spiro atoms. The molecule has 1 aromatic carbocycles. The molecule has 0 atom stereocenters. The third kappa shape index (κ3) is 2.20. The quantitative estimate of drug-likeness (QED) is 0.700. The number of halogens is 3. The number of hydrogen-bond acceptors (Lipinski definition) is 3. The number of aryl methyl sites for hydroxylation is 1. The van der Waals surface area contributed by atoms with Gasteiger partial charge in [-0.3, -0.25) is 4.98 Å². The number of rotatable bonds is 1. The normalized spacial score (nSPS) is 12.0. The number of benzene rings is 1. The Morgan fingerprint density at radius 3 is 2.62 bits per heavy atom. The summed E-state index contributed by atoms with van der Waals surface area (Å²) in [6.07, 6.45) is -1.26. The average molecular weight is 292 g/mol. The predicted octanol–water partition coefficient (Wildman–Crippen LogP) is 3.24. The van der Waals surface area contributed by atoms with E-state index in [2.05, 4.69) is 9.97 Å². The molecule has 0 unspecified atom stereocenters. The van der Waals surface area contributed by atoms with Crippen LogP contribution < -0.4 is 5.73 Å². The molecule has 0 amide bonds. The predicted molar refractivity (Wildman–Crippen MR) is 73.4 cm³/mol. The van der Waals surface area contributed by atoms with Gasteiger partial charge >= 0.3 is 6.18 Å². The number of nitrogen functional groups attached to an aromatic ring is 1. The van der Waals surface area contributed by atoms with Gasteiger partial charge in [-0.05, 0) is 24.3 Å². The summed E-state index contributed by atoms with van der Waals surface area (Å²) in [5.74, 6) is 0.376. The van der Waals surface area contributed by atoms with Crippen molar-refractivity contribution in [3.63, 3.8) is 0 Å². The topological polar surface area (TPSA) is 56.7 Å². The minimum Gasteiger partial charge on any atom is -0.398 e. The van der Waals surface area contributed by atoms with Gasteiger partial charge in [0.05, 0.1) is 17.3 Å². The molecule has 4 nitrogen and oxygen atoms in total. The van der Waals surface area contributed by atoms with E-state index >= 15 is 0 Å². The summed E-state index contributed by atoms with van der Waals surface area (Å²) >= 11 is 0. The van der Waals surface area contributed by atoms with Crippen molar-refractivity contribution < 1.29 is 13.2 Å². The van der Waals surface area contributed by atoms with Crippen LogP contribution in [0.1, 0.15) is 5.56 Å². The van der Waals surface area contributed by atoms with E-state index in [4.69, 9.17) is 5.73 Å². The highest BCUT2D eigenvalue weighted by Crippen LogP contribution is 2.35. The number of hydrogen-bond donors (Lipinski definition) is 1. The van der Waals surface area contributed by atoms with Crippen LogP contribution in [0.5, 0.6) is 0 Å². The molecule has 21 heavy (non-hydrogen) atoms. The first-order valence-corrected chi connectivity index (χ1v) is 6.11. The third-order valence-corrected chi connectivity index (χ3v) is 3.30. The molecule has 0 aliphatic rings. The number of nitrogens with two attached hydrogens (primary N) is 1. The Labute approximate surface area is 118 Å². The van der Waals surface area contributed by atoms with Gasteiger partial charge in [0.2, 0.25) is 0 Å². The summed E-state index contributed by atoms with van der Waals surface area (Å²) in [6.45, 7) is 0. The molecule has 0 aliphatic carbocycles. The Bertz CT molecular complexity index is 821. The van der Waals surface area contributed by atoms with Gasteiger partial charge in [0.15, 0.2) is 0 Å². The lowest BCUT2D eigenvalue weighted by Crippen LogP contribution is -2.06. The maximum atomic E-state index is 12.8. The number of anilines is 1. The van der Waals surface area contributed by atoms with Crippen LogP contribution in [0.3, 0.4) is 0 Å². The second-order valence-corrected chi connectivity index (χ2v) is 4.66. The lowest BCUT2D eigenvalue weighted by Gasteiger charge is -2.11. The van der Waals surface area contributed by atoms with Crippen LogP contribution in [0.15, 0.2) is 36.7 Å². The summed E-state index contributed by atoms with van der Waals surface area (Å²) in [7, 11) is 1.73. The lowest BCUT2D eigenvalue weighted by molar-refractivity contribution is -0.137. The summed E-state index contributed by atoms with van der Waals surface area (Å²) in [5, 5.41) is 0. The smallest absolute Gasteiger partial charge is 0.398 e. The molecule has 2 aromatic heterocycles. The molecule has 0 saturated heterocycles. The first-order chi connectivity index (χ1) is 9.88. The monoisotopic (exact) mass is 292 g/mol. The van der Waals surface area contributed by atoms with Crippen molar-refractivity contribution in [2.24, 2.45) is 7.05 Å². The minimum absolute atomic E-state index is 0.245. The standard InChI is InChI=1S/C14H11F3N4/c1-21-12-4-5-19-7-11(12)20-13(21)9-6-8(14(15,16)17)2-3-10(9)18/h2-7H,18H2,1H3. The van der Waals surface area contributed by atoms with E-state index in [1.807, 2.05) is 0 Å². The van der Waals surface area contributed by atoms with Gasteiger partial charge in [-0.1, -0.05) is 0 Å². The highest BCUT2D eigenvalue weighted by atomic mass is 19.4. The van der Waals surface area contributed by atoms with Gasteiger partial charge < -0.3 is 10.3 Å². The van der Waals surface area contributed by atoms with Gasteiger partial charge in [-0.2, -0.15) is 13.2 Å². The van der Waals surface area contributed by atoms with E-state index in [-0.39, 0.29) is 11.3 Å². The summed E-state index contributed by atoms with van der Waals surface area (Å²) in [4.78, 5) is 8.27. The SMILES string of the molecule is Cn1c(-c2cc(C(F)(F)F)ccc2N)nc2cnccc21. The van der Waals surface area contributed by atoms with Crippen molar-refractivity contribution in [2.45, 2.75) is 6.18 Å². The van der Waals surface area contributed by atoms with E-state index in [0.29, 0.717) is 11.3 Å². The van der Waals surface area contributed by atoms with Gasteiger partial charge in [0.25, 0.3) is 0 Å². The summed E-state index contributed by atoms with van der Waals surface area (Å²) in [6, 6.07) is 4.97. The fourth-order valence-electron chi connectivity index (χ4n) is 2.22. The number of aromatic nitrogens is 3. The fourth-order valence-corrected chi connectivity index (χ4v) is 2.22. The molecular formula is C14H11F3N4. The zero-order chi connectivity index (χ0) is 15.2. The number of pyridine rings is 1. The first kappa shape index (κ1) is 13.4. The van der Waals surface area contributed by atoms with Crippen LogP contribution in [0.25, 0.3) is 22.4 Å². The van der Waals surface area contributed by atoms with Crippen LogP contribution in [-0.2, 0) is 13.2 Å². The number of nitrogens with zero attached hydrogens (tertiary/aromatic N) is 3. The van der Waals surface area contributed by atoms with Gasteiger partial charge in [0.1, 0.15) is 11.3 Å². The van der Waals surface area contributed by atoms with E-state index in [9.17, 15) is 13.2 Å². The zero-order valence-corrected chi connectivity index (χ0v) is 11.0. The van der Waals surface area contributed by atoms with Crippen molar-refractivity contribution in [1.82, 2.24) is 14.5 Å². The van der Waals surface area contributed by atoms with Crippen molar-refractivity contribution >= 4 is 16.7 Å². The summed E-state index contributed by atoms with van der Waals surface area (Å²) < 4.78 is 40.2. The Hall–Kier alpha value is -2.57. The molecule has 108 valence electrons. The van der Waals surface area contributed by atoms with Crippen molar-refractivity contribution in [3.05, 3.63) is 42.2 Å². The number of imidazole rings is 1. The summed E-state index contributed by atoms with van der Waals surface area (Å²) in [5.41, 5.74) is 6.94. The number of alkyl halides is 3. The highest BCUT2D eigenvalue weighted by Gasteiger charge is 2.31. The van der Waals surface area contributed by atoms with E-state index in [1.165, 1.54) is 6.07 Å². The largest absolute Gasteiger partial charge is 0.416 e. The first-order valence-electron chi connectivity index (χ1n) is 6.11. The fraction of sp³-hybridized carbons (Fsp3) is 0.143. The van der Waals surface area contributed by atoms with Crippen LogP contribution >= 0.6 is 0 Å². The Kier molecular flexibility index (Phi) is 2.86. The average Bonchev–Trinajstić information content (AvgIpc) is 2.76. The van der Waals surface area contributed by atoms with E-state index < -0.39 is 11.7 Å². The molecule has 0 aliphatic heterocycles. The van der Waals surface area contributed by atoms with Gasteiger partial charge in [0, 0.05) is 24.5 Å². The maximum Gasteiger partial charge on any atom is 0.416 e. The molecule has 0 bridgehead atoms. The molecule has 0 radical (unpaired) electrons. The minimum atomic E-state index is -4.42. The molecular weight excluding hydrogens is 281 g/mol. The molecule has 3 rings (SSSR count). The van der Waals surface area contributed by atoms with Crippen LogP contribution in [0.2, 0.25) is 0 Å². The zero-order valence-electron chi connectivity index (χ0n) is 11.0. The van der Waals surface area contributed by atoms with Crippen LogP contribution in [0.4, 0.5) is 18.9 Å². The van der Waals surface area contributed by atoms with Gasteiger partial charge in [-0.15, -0.1) is 0 Å². The van der Waals surface area contributed by atoms with Crippen molar-refractivity contribution in [1.29, 1.82) is 0 Å². The molecule has 0 saturated carbocycles.